The number of hydrogen-bond donors (Lipinski definition) is 2. The van der Waals surface area contributed by atoms with Crippen molar-refractivity contribution >= 4 is 5.91 Å². The van der Waals surface area contributed by atoms with Crippen molar-refractivity contribution in [2.75, 3.05) is 0 Å². The van der Waals surface area contributed by atoms with Crippen LogP contribution in [0.15, 0.2) is 12.7 Å². The molecule has 0 aromatic heterocycles. The van der Waals surface area contributed by atoms with Crippen molar-refractivity contribution in [3.63, 3.8) is 0 Å². The fourth-order valence-electron chi connectivity index (χ4n) is 1.85. The molecule has 1 rings (SSSR count). The molecule has 0 aromatic carbocycles. The lowest BCUT2D eigenvalue weighted by molar-refractivity contribution is -0.121. The first-order chi connectivity index (χ1) is 6.74. The molecule has 1 fully saturated rings. The van der Waals surface area contributed by atoms with Gasteiger partial charge in [-0.1, -0.05) is 25.3 Å². The van der Waals surface area contributed by atoms with E-state index in [1.165, 1.54) is 0 Å². The monoisotopic (exact) mass is 197 g/mol. The van der Waals surface area contributed by atoms with E-state index < -0.39 is 0 Å². The predicted molar refractivity (Wildman–Crippen MR) is 55.8 cm³/mol. The highest BCUT2D eigenvalue weighted by Crippen LogP contribution is 2.17. The lowest BCUT2D eigenvalue weighted by Crippen LogP contribution is -2.42. The molecule has 0 saturated heterocycles. The fraction of sp³-hybridized carbons (Fsp3) is 0.727. The lowest BCUT2D eigenvalue weighted by atomic mass is 10.1. The quantitative estimate of drug-likeness (QED) is 0.530. The topological polar surface area (TPSA) is 49.3 Å². The normalized spacial score (nSPS) is 27.8. The standard InChI is InChI=1S/C11H19NO2/c1-2-6-11(14)12-9-7-4-3-5-8-10(9)13/h2,9-10,13H,1,3-8H2,(H,12,14). The molecule has 0 aromatic rings. The summed E-state index contributed by atoms with van der Waals surface area (Å²) >= 11 is 0. The molecule has 3 heteroatoms. The van der Waals surface area contributed by atoms with Crippen LogP contribution in [0.2, 0.25) is 0 Å². The maximum Gasteiger partial charge on any atom is 0.224 e. The van der Waals surface area contributed by atoms with Gasteiger partial charge >= 0.3 is 0 Å². The number of rotatable bonds is 3. The van der Waals surface area contributed by atoms with E-state index in [1.54, 1.807) is 6.08 Å². The molecule has 2 atom stereocenters. The van der Waals surface area contributed by atoms with Crippen molar-refractivity contribution in [2.24, 2.45) is 0 Å². The zero-order valence-electron chi connectivity index (χ0n) is 8.54. The maximum atomic E-state index is 11.3. The highest BCUT2D eigenvalue weighted by atomic mass is 16.3. The van der Waals surface area contributed by atoms with E-state index in [0.29, 0.717) is 6.42 Å². The van der Waals surface area contributed by atoms with Crippen molar-refractivity contribution in [1.29, 1.82) is 0 Å². The molecule has 0 heterocycles. The Balaban J connectivity index is 2.39. The molecular formula is C11H19NO2. The molecule has 80 valence electrons. The van der Waals surface area contributed by atoms with Crippen molar-refractivity contribution in [1.82, 2.24) is 5.32 Å². The Morgan fingerprint density at radius 3 is 2.86 bits per heavy atom. The zero-order chi connectivity index (χ0) is 10.4. The molecular weight excluding hydrogens is 178 g/mol. The second kappa shape index (κ2) is 5.81. The Hall–Kier alpha value is -0.830. The van der Waals surface area contributed by atoms with E-state index in [9.17, 15) is 9.90 Å². The van der Waals surface area contributed by atoms with Gasteiger partial charge in [0.1, 0.15) is 0 Å². The summed E-state index contributed by atoms with van der Waals surface area (Å²) in [6, 6.07) is -0.0510. The van der Waals surface area contributed by atoms with E-state index in [0.717, 1.165) is 32.1 Å². The van der Waals surface area contributed by atoms with Crippen molar-refractivity contribution in [2.45, 2.75) is 50.7 Å². The van der Waals surface area contributed by atoms with E-state index in [2.05, 4.69) is 11.9 Å². The van der Waals surface area contributed by atoms with E-state index in [-0.39, 0.29) is 18.1 Å². The van der Waals surface area contributed by atoms with Crippen LogP contribution in [0, 0.1) is 0 Å². The van der Waals surface area contributed by atoms with Crippen molar-refractivity contribution in [3.05, 3.63) is 12.7 Å². The Kier molecular flexibility index (Phi) is 4.66. The van der Waals surface area contributed by atoms with E-state index >= 15 is 0 Å². The molecule has 1 aliphatic carbocycles. The van der Waals surface area contributed by atoms with Gasteiger partial charge in [0, 0.05) is 6.42 Å². The molecule has 1 aliphatic rings. The smallest absolute Gasteiger partial charge is 0.224 e. The largest absolute Gasteiger partial charge is 0.391 e. The van der Waals surface area contributed by atoms with Crippen LogP contribution < -0.4 is 5.32 Å². The predicted octanol–water partition coefficient (Wildman–Crippen LogP) is 1.37. The van der Waals surface area contributed by atoms with Gasteiger partial charge in [0.05, 0.1) is 12.1 Å². The Morgan fingerprint density at radius 2 is 2.14 bits per heavy atom. The number of nitrogens with one attached hydrogen (secondary N) is 1. The van der Waals surface area contributed by atoms with Crippen LogP contribution in [-0.2, 0) is 4.79 Å². The molecule has 1 saturated carbocycles. The van der Waals surface area contributed by atoms with Crippen LogP contribution in [0.5, 0.6) is 0 Å². The number of amides is 1. The summed E-state index contributed by atoms with van der Waals surface area (Å²) in [5.74, 6) is -0.0362. The van der Waals surface area contributed by atoms with Crippen LogP contribution >= 0.6 is 0 Å². The summed E-state index contributed by atoms with van der Waals surface area (Å²) in [5.41, 5.74) is 0. The molecule has 1 amide bonds. The Morgan fingerprint density at radius 1 is 1.43 bits per heavy atom. The third kappa shape index (κ3) is 3.50. The number of aliphatic hydroxyl groups excluding tert-OH is 1. The van der Waals surface area contributed by atoms with Gasteiger partial charge in [0.2, 0.25) is 5.91 Å². The highest BCUT2D eigenvalue weighted by molar-refractivity contribution is 5.77. The fourth-order valence-corrected chi connectivity index (χ4v) is 1.85. The van der Waals surface area contributed by atoms with Crippen LogP contribution in [0.4, 0.5) is 0 Å². The Bertz CT molecular complexity index is 203. The molecule has 3 nitrogen and oxygen atoms in total. The van der Waals surface area contributed by atoms with Gasteiger partial charge < -0.3 is 10.4 Å². The number of carbonyl (C=O) groups is 1. The number of hydrogen-bond acceptors (Lipinski definition) is 2. The van der Waals surface area contributed by atoms with Crippen LogP contribution in [0.25, 0.3) is 0 Å². The van der Waals surface area contributed by atoms with Crippen LogP contribution in [0.3, 0.4) is 0 Å². The van der Waals surface area contributed by atoms with E-state index in [1.807, 2.05) is 0 Å². The summed E-state index contributed by atoms with van der Waals surface area (Å²) in [6.45, 7) is 3.51. The third-order valence-electron chi connectivity index (χ3n) is 2.66. The molecule has 2 unspecified atom stereocenters. The molecule has 0 radical (unpaired) electrons. The molecule has 2 N–H and O–H groups in total. The van der Waals surface area contributed by atoms with Crippen molar-refractivity contribution in [3.8, 4) is 0 Å². The average Bonchev–Trinajstić information content (AvgIpc) is 2.33. The zero-order valence-corrected chi connectivity index (χ0v) is 8.54. The summed E-state index contributed by atoms with van der Waals surface area (Å²) in [7, 11) is 0. The lowest BCUT2D eigenvalue weighted by Gasteiger charge is -2.21. The van der Waals surface area contributed by atoms with Crippen LogP contribution in [0.1, 0.15) is 38.5 Å². The van der Waals surface area contributed by atoms with Crippen molar-refractivity contribution < 1.29 is 9.90 Å². The maximum absolute atomic E-state index is 11.3. The first-order valence-corrected chi connectivity index (χ1v) is 5.32. The first kappa shape index (κ1) is 11.2. The molecule has 0 bridgehead atoms. The van der Waals surface area contributed by atoms with Crippen LogP contribution in [-0.4, -0.2) is 23.2 Å². The summed E-state index contributed by atoms with van der Waals surface area (Å²) in [6.07, 6.45) is 6.56. The highest BCUT2D eigenvalue weighted by Gasteiger charge is 2.22. The van der Waals surface area contributed by atoms with Gasteiger partial charge in [-0.3, -0.25) is 4.79 Å². The third-order valence-corrected chi connectivity index (χ3v) is 2.66. The van der Waals surface area contributed by atoms with Gasteiger partial charge in [0.25, 0.3) is 0 Å². The SMILES string of the molecule is C=CCC(=O)NC1CCCCCC1O. The molecule has 0 spiro atoms. The van der Waals surface area contributed by atoms with Gasteiger partial charge in [0.15, 0.2) is 0 Å². The summed E-state index contributed by atoms with van der Waals surface area (Å²) in [5, 5.41) is 12.6. The average molecular weight is 197 g/mol. The number of carbonyl (C=O) groups excluding carboxylic acids is 1. The molecule has 14 heavy (non-hydrogen) atoms. The van der Waals surface area contributed by atoms with E-state index in [4.69, 9.17) is 0 Å². The number of aliphatic hydroxyl groups is 1. The summed E-state index contributed by atoms with van der Waals surface area (Å²) < 4.78 is 0. The van der Waals surface area contributed by atoms with Gasteiger partial charge in [-0.15, -0.1) is 6.58 Å². The minimum absolute atomic E-state index is 0.0362. The van der Waals surface area contributed by atoms with Gasteiger partial charge in [-0.2, -0.15) is 0 Å². The Labute approximate surface area is 85.2 Å². The second-order valence-electron chi connectivity index (χ2n) is 3.87. The first-order valence-electron chi connectivity index (χ1n) is 5.32. The van der Waals surface area contributed by atoms with Gasteiger partial charge in [-0.05, 0) is 12.8 Å². The van der Waals surface area contributed by atoms with Gasteiger partial charge in [-0.25, -0.2) is 0 Å². The molecule has 0 aliphatic heterocycles. The summed E-state index contributed by atoms with van der Waals surface area (Å²) in [4.78, 5) is 11.3. The minimum Gasteiger partial charge on any atom is -0.391 e. The second-order valence-corrected chi connectivity index (χ2v) is 3.87. The minimum atomic E-state index is -0.369.